The number of aromatic nitrogens is 2. The molecule has 0 spiro atoms. The number of hydrogen-bond acceptors (Lipinski definition) is 9. The van der Waals surface area contributed by atoms with Gasteiger partial charge in [0.05, 0.1) is 24.6 Å². The highest BCUT2D eigenvalue weighted by Crippen LogP contribution is 2.30. The predicted octanol–water partition coefficient (Wildman–Crippen LogP) is 2.11. The molecule has 3 heterocycles. The van der Waals surface area contributed by atoms with Crippen LogP contribution in [-0.2, 0) is 9.59 Å². The van der Waals surface area contributed by atoms with E-state index in [1.54, 1.807) is 0 Å². The van der Waals surface area contributed by atoms with Crippen LogP contribution in [0, 0.1) is 5.82 Å². The zero-order valence-corrected chi connectivity index (χ0v) is 19.8. The number of benzene rings is 1. The van der Waals surface area contributed by atoms with Gasteiger partial charge >= 0.3 is 11.9 Å². The summed E-state index contributed by atoms with van der Waals surface area (Å²) in [5.74, 6) is -0.688. The standard InChI is InChI=1S/C20H25FN6O.C4H4O4/c1-2-5-19(26-18-13-28-17-7-4-3-6-15(17)25-18)27-9-8-22-12-16(27)20-23-10-14(21)11-24-20;5-3(6)1-2-4(7)8/h3-4,6-7,10-11,16,19,22H,2,5,8-9,12-13H2,1H3,(H,25,26);1-2H,(H,5,6)(H,7,8). The summed E-state index contributed by atoms with van der Waals surface area (Å²) in [6, 6.07) is 7.75. The van der Waals surface area contributed by atoms with Crippen molar-refractivity contribution in [2.45, 2.75) is 32.0 Å². The third-order valence-corrected chi connectivity index (χ3v) is 5.37. The normalized spacial score (nSPS) is 18.2. The summed E-state index contributed by atoms with van der Waals surface area (Å²) < 4.78 is 19.1. The predicted molar refractivity (Wildman–Crippen MR) is 130 cm³/mol. The van der Waals surface area contributed by atoms with Gasteiger partial charge in [-0.25, -0.2) is 28.9 Å². The van der Waals surface area contributed by atoms with E-state index in [1.165, 1.54) is 12.4 Å². The fraction of sp³-hybridized carbons (Fsp3) is 0.375. The molecule has 11 nitrogen and oxygen atoms in total. The molecule has 2 aromatic rings. The second kappa shape index (κ2) is 13.3. The Hall–Kier alpha value is -3.90. The lowest BCUT2D eigenvalue weighted by Crippen LogP contribution is -2.57. The van der Waals surface area contributed by atoms with Crippen molar-refractivity contribution >= 4 is 23.5 Å². The van der Waals surface area contributed by atoms with Crippen LogP contribution in [0.2, 0.25) is 0 Å². The van der Waals surface area contributed by atoms with E-state index in [-0.39, 0.29) is 12.2 Å². The van der Waals surface area contributed by atoms with Crippen LogP contribution in [-0.4, -0.2) is 75.3 Å². The number of piperazine rings is 1. The molecule has 2 atom stereocenters. The molecule has 1 fully saturated rings. The maximum Gasteiger partial charge on any atom is 0.328 e. The molecular weight excluding hydrogens is 471 g/mol. The van der Waals surface area contributed by atoms with Crippen molar-refractivity contribution in [1.82, 2.24) is 25.5 Å². The van der Waals surface area contributed by atoms with Gasteiger partial charge in [-0.2, -0.15) is 0 Å². The first kappa shape index (κ1) is 26.7. The Morgan fingerprint density at radius 1 is 1.25 bits per heavy atom. The molecule has 1 saturated heterocycles. The average Bonchev–Trinajstić information content (AvgIpc) is 2.88. The van der Waals surface area contributed by atoms with Gasteiger partial charge in [0.1, 0.15) is 29.7 Å². The van der Waals surface area contributed by atoms with Gasteiger partial charge < -0.3 is 25.6 Å². The van der Waals surface area contributed by atoms with Crippen LogP contribution in [0.4, 0.5) is 10.1 Å². The maximum absolute atomic E-state index is 13.3. The summed E-state index contributed by atoms with van der Waals surface area (Å²) >= 11 is 0. The molecule has 36 heavy (non-hydrogen) atoms. The summed E-state index contributed by atoms with van der Waals surface area (Å²) in [6.07, 6.45) is 5.60. The fourth-order valence-electron chi connectivity index (χ4n) is 3.83. The van der Waals surface area contributed by atoms with Crippen molar-refractivity contribution in [3.05, 3.63) is 60.5 Å². The highest BCUT2D eigenvalue weighted by atomic mass is 19.1. The summed E-state index contributed by atoms with van der Waals surface area (Å²) in [7, 11) is 0. The van der Waals surface area contributed by atoms with Crippen molar-refractivity contribution in [3.8, 4) is 5.75 Å². The van der Waals surface area contributed by atoms with Crippen LogP contribution < -0.4 is 15.4 Å². The van der Waals surface area contributed by atoms with Crippen LogP contribution in [0.3, 0.4) is 0 Å². The number of carboxylic acid groups (broad SMARTS) is 2. The summed E-state index contributed by atoms with van der Waals surface area (Å²) in [4.78, 5) is 34.6. The van der Waals surface area contributed by atoms with Crippen molar-refractivity contribution in [2.24, 2.45) is 4.99 Å². The largest absolute Gasteiger partial charge is 0.483 e. The quantitative estimate of drug-likeness (QED) is 0.416. The number of aliphatic imine (C=N–C) groups is 1. The number of hydrogen-bond donors (Lipinski definition) is 4. The van der Waals surface area contributed by atoms with Gasteiger partial charge in [0.2, 0.25) is 0 Å². The van der Waals surface area contributed by atoms with Crippen molar-refractivity contribution < 1.29 is 28.9 Å². The minimum absolute atomic E-state index is 0.0317. The Bertz CT molecular complexity index is 1080. The molecule has 1 aromatic heterocycles. The Morgan fingerprint density at radius 2 is 1.94 bits per heavy atom. The Labute approximate surface area is 207 Å². The second-order valence-corrected chi connectivity index (χ2v) is 7.99. The van der Waals surface area contributed by atoms with Crippen LogP contribution in [0.5, 0.6) is 5.75 Å². The molecule has 12 heteroatoms. The smallest absolute Gasteiger partial charge is 0.328 e. The number of nitrogens with one attached hydrogen (secondary N) is 2. The minimum Gasteiger partial charge on any atom is -0.483 e. The van der Waals surface area contributed by atoms with E-state index in [2.05, 4.69) is 32.4 Å². The number of carbonyl (C=O) groups is 2. The molecule has 0 bridgehead atoms. The monoisotopic (exact) mass is 500 g/mol. The Kier molecular flexibility index (Phi) is 9.83. The number of rotatable bonds is 7. The molecule has 4 rings (SSSR count). The Morgan fingerprint density at radius 3 is 2.61 bits per heavy atom. The van der Waals surface area contributed by atoms with E-state index < -0.39 is 17.8 Å². The number of aliphatic carboxylic acids is 2. The maximum atomic E-state index is 13.3. The molecule has 2 unspecified atom stereocenters. The number of para-hydroxylation sites is 2. The minimum atomic E-state index is -1.26. The number of amidine groups is 1. The SMILES string of the molecule is CCCC(NC1=Nc2ccccc2OC1)N1CCNCC1c1ncc(F)cn1.O=C(O)C=CC(=O)O. The molecule has 0 radical (unpaired) electrons. The average molecular weight is 501 g/mol. The molecule has 2 aliphatic heterocycles. The molecule has 4 N–H and O–H groups in total. The molecule has 0 amide bonds. The molecule has 1 aromatic carbocycles. The van der Waals surface area contributed by atoms with E-state index in [4.69, 9.17) is 19.9 Å². The lowest BCUT2D eigenvalue weighted by molar-refractivity contribution is -0.134. The number of halogens is 1. The second-order valence-electron chi connectivity index (χ2n) is 7.99. The van der Waals surface area contributed by atoms with Crippen molar-refractivity contribution in [3.63, 3.8) is 0 Å². The third-order valence-electron chi connectivity index (χ3n) is 5.37. The summed E-state index contributed by atoms with van der Waals surface area (Å²) in [5.41, 5.74) is 0.838. The van der Waals surface area contributed by atoms with E-state index in [0.29, 0.717) is 24.6 Å². The van der Waals surface area contributed by atoms with Crippen molar-refractivity contribution in [1.29, 1.82) is 0 Å². The van der Waals surface area contributed by atoms with E-state index in [9.17, 15) is 14.0 Å². The van der Waals surface area contributed by atoms with E-state index >= 15 is 0 Å². The van der Waals surface area contributed by atoms with E-state index in [1.807, 2.05) is 24.3 Å². The van der Waals surface area contributed by atoms with Gasteiger partial charge in [0, 0.05) is 31.8 Å². The number of ether oxygens (including phenoxy) is 1. The van der Waals surface area contributed by atoms with Crippen LogP contribution in [0.1, 0.15) is 31.6 Å². The number of fused-ring (bicyclic) bond motifs is 1. The molecule has 0 saturated carbocycles. The van der Waals surface area contributed by atoms with E-state index in [0.717, 1.165) is 49.7 Å². The molecule has 2 aliphatic rings. The van der Waals surface area contributed by atoms with Crippen LogP contribution in [0.15, 0.2) is 53.8 Å². The highest BCUT2D eigenvalue weighted by Gasteiger charge is 2.32. The van der Waals surface area contributed by atoms with Crippen LogP contribution >= 0.6 is 0 Å². The fourth-order valence-corrected chi connectivity index (χ4v) is 3.83. The van der Waals surface area contributed by atoms with Gasteiger partial charge in [0.25, 0.3) is 0 Å². The zero-order valence-electron chi connectivity index (χ0n) is 19.8. The number of carboxylic acids is 2. The lowest BCUT2D eigenvalue weighted by atomic mass is 10.1. The Balaban J connectivity index is 0.000000392. The summed E-state index contributed by atoms with van der Waals surface area (Å²) in [5, 5.41) is 22.6. The molecular formula is C24H29FN6O5. The third kappa shape index (κ3) is 7.82. The first-order valence-electron chi connectivity index (χ1n) is 11.5. The molecule has 0 aliphatic carbocycles. The number of nitrogens with zero attached hydrogens (tertiary/aromatic N) is 4. The van der Waals surface area contributed by atoms with Crippen molar-refractivity contribution in [2.75, 3.05) is 26.2 Å². The molecule has 192 valence electrons. The highest BCUT2D eigenvalue weighted by molar-refractivity contribution is 5.89. The van der Waals surface area contributed by atoms with Gasteiger partial charge in [-0.05, 0) is 18.6 Å². The van der Waals surface area contributed by atoms with Crippen LogP contribution in [0.25, 0.3) is 0 Å². The van der Waals surface area contributed by atoms with Gasteiger partial charge in [-0.15, -0.1) is 0 Å². The van der Waals surface area contributed by atoms with Gasteiger partial charge in [-0.3, -0.25) is 4.90 Å². The first-order chi connectivity index (χ1) is 17.4. The van der Waals surface area contributed by atoms with Gasteiger partial charge in [0.15, 0.2) is 5.82 Å². The lowest BCUT2D eigenvalue weighted by Gasteiger charge is -2.41. The topological polar surface area (TPSA) is 149 Å². The zero-order chi connectivity index (χ0) is 25.9. The summed E-state index contributed by atoms with van der Waals surface area (Å²) in [6.45, 7) is 5.02. The van der Waals surface area contributed by atoms with Gasteiger partial charge in [-0.1, -0.05) is 25.5 Å². The first-order valence-corrected chi connectivity index (χ1v) is 11.5.